The van der Waals surface area contributed by atoms with Crippen molar-refractivity contribution in [2.45, 2.75) is 51.6 Å². The summed E-state index contributed by atoms with van der Waals surface area (Å²) in [5.74, 6) is 0. The molecule has 0 saturated carbocycles. The summed E-state index contributed by atoms with van der Waals surface area (Å²) in [5.41, 5.74) is 2.85. The summed E-state index contributed by atoms with van der Waals surface area (Å²) in [6, 6.07) is 9.77. The Labute approximate surface area is 118 Å². The molecular weight excluding hydrogens is 232 g/mol. The summed E-state index contributed by atoms with van der Waals surface area (Å²) in [6.45, 7) is 5.74. The smallest absolute Gasteiger partial charge is 0.0236 e. The number of likely N-dealkylation sites (tertiary alicyclic amines) is 1. The Balaban J connectivity index is 1.91. The minimum absolute atomic E-state index is 0.794. The number of piperidine rings is 1. The fraction of sp³-hybridized carbons (Fsp3) is 0.647. The van der Waals surface area contributed by atoms with Gasteiger partial charge in [-0.3, -0.25) is 4.90 Å². The van der Waals surface area contributed by atoms with Crippen LogP contribution in [0, 0.1) is 6.92 Å². The van der Waals surface area contributed by atoms with Gasteiger partial charge in [0.2, 0.25) is 0 Å². The van der Waals surface area contributed by atoms with Crippen LogP contribution in [-0.2, 0) is 6.54 Å². The summed E-state index contributed by atoms with van der Waals surface area (Å²) in [5, 5.41) is 3.26. The van der Waals surface area contributed by atoms with Gasteiger partial charge in [-0.05, 0) is 58.3 Å². The molecule has 19 heavy (non-hydrogen) atoms. The number of rotatable bonds is 6. The van der Waals surface area contributed by atoms with Crippen LogP contribution in [0.15, 0.2) is 24.3 Å². The first-order valence-electron chi connectivity index (χ1n) is 7.74. The standard InChI is InChI=1S/C17H28N2/c1-15-7-5-8-16(13-15)14-19-12-4-3-9-17(19)10-6-11-18-2/h5,7-8,13,17-18H,3-4,6,9-12,14H2,1-2H3. The highest BCUT2D eigenvalue weighted by Crippen LogP contribution is 2.23. The van der Waals surface area contributed by atoms with Gasteiger partial charge in [-0.1, -0.05) is 36.2 Å². The molecule has 1 aliphatic rings. The molecule has 0 amide bonds. The lowest BCUT2D eigenvalue weighted by molar-refractivity contribution is 0.130. The molecule has 0 bridgehead atoms. The summed E-state index contributed by atoms with van der Waals surface area (Å²) in [6.07, 6.45) is 6.80. The second-order valence-electron chi connectivity index (χ2n) is 5.85. The Kier molecular flexibility index (Phi) is 5.87. The molecular formula is C17H28N2. The maximum absolute atomic E-state index is 3.26. The fourth-order valence-electron chi connectivity index (χ4n) is 3.15. The van der Waals surface area contributed by atoms with Crippen LogP contribution in [0.1, 0.15) is 43.2 Å². The van der Waals surface area contributed by atoms with Crippen LogP contribution in [-0.4, -0.2) is 31.1 Å². The number of hydrogen-bond acceptors (Lipinski definition) is 2. The van der Waals surface area contributed by atoms with E-state index in [4.69, 9.17) is 0 Å². The van der Waals surface area contributed by atoms with Gasteiger partial charge in [0.25, 0.3) is 0 Å². The van der Waals surface area contributed by atoms with Crippen LogP contribution in [0.25, 0.3) is 0 Å². The predicted octanol–water partition coefficient (Wildman–Crippen LogP) is 3.35. The molecule has 2 nitrogen and oxygen atoms in total. The third-order valence-corrected chi connectivity index (χ3v) is 4.18. The van der Waals surface area contributed by atoms with Gasteiger partial charge < -0.3 is 5.32 Å². The van der Waals surface area contributed by atoms with E-state index in [1.54, 1.807) is 0 Å². The van der Waals surface area contributed by atoms with Crippen LogP contribution >= 0.6 is 0 Å². The molecule has 0 radical (unpaired) electrons. The monoisotopic (exact) mass is 260 g/mol. The van der Waals surface area contributed by atoms with Gasteiger partial charge >= 0.3 is 0 Å². The van der Waals surface area contributed by atoms with Crippen molar-refractivity contribution in [2.24, 2.45) is 0 Å². The van der Waals surface area contributed by atoms with Crippen LogP contribution in [0.3, 0.4) is 0 Å². The van der Waals surface area contributed by atoms with E-state index >= 15 is 0 Å². The van der Waals surface area contributed by atoms with Crippen molar-refractivity contribution < 1.29 is 0 Å². The van der Waals surface area contributed by atoms with E-state index in [2.05, 4.69) is 41.4 Å². The van der Waals surface area contributed by atoms with Gasteiger partial charge in [0, 0.05) is 12.6 Å². The van der Waals surface area contributed by atoms with E-state index in [9.17, 15) is 0 Å². The van der Waals surface area contributed by atoms with E-state index in [-0.39, 0.29) is 0 Å². The zero-order valence-electron chi connectivity index (χ0n) is 12.5. The fourth-order valence-corrected chi connectivity index (χ4v) is 3.15. The van der Waals surface area contributed by atoms with E-state index in [0.717, 1.165) is 19.1 Å². The lowest BCUT2D eigenvalue weighted by Gasteiger charge is -2.36. The minimum Gasteiger partial charge on any atom is -0.320 e. The van der Waals surface area contributed by atoms with E-state index < -0.39 is 0 Å². The van der Waals surface area contributed by atoms with Gasteiger partial charge in [-0.25, -0.2) is 0 Å². The van der Waals surface area contributed by atoms with Gasteiger partial charge in [0.15, 0.2) is 0 Å². The third-order valence-electron chi connectivity index (χ3n) is 4.18. The second-order valence-corrected chi connectivity index (χ2v) is 5.85. The Morgan fingerprint density at radius 3 is 3.00 bits per heavy atom. The molecule has 1 aromatic rings. The van der Waals surface area contributed by atoms with Crippen LogP contribution < -0.4 is 5.32 Å². The molecule has 0 aliphatic carbocycles. The van der Waals surface area contributed by atoms with Gasteiger partial charge in [0.05, 0.1) is 0 Å². The summed E-state index contributed by atoms with van der Waals surface area (Å²) in [4.78, 5) is 2.70. The van der Waals surface area contributed by atoms with Gasteiger partial charge in [-0.2, -0.15) is 0 Å². The molecule has 1 unspecified atom stereocenters. The van der Waals surface area contributed by atoms with E-state index in [1.165, 1.54) is 49.8 Å². The van der Waals surface area contributed by atoms with Crippen molar-refractivity contribution in [3.05, 3.63) is 35.4 Å². The minimum atomic E-state index is 0.794. The molecule has 2 rings (SSSR count). The van der Waals surface area contributed by atoms with Crippen LogP contribution in [0.4, 0.5) is 0 Å². The average molecular weight is 260 g/mol. The van der Waals surface area contributed by atoms with Crippen molar-refractivity contribution in [3.63, 3.8) is 0 Å². The zero-order chi connectivity index (χ0) is 13.5. The summed E-state index contributed by atoms with van der Waals surface area (Å²) in [7, 11) is 2.05. The van der Waals surface area contributed by atoms with Gasteiger partial charge in [-0.15, -0.1) is 0 Å². The van der Waals surface area contributed by atoms with E-state index in [0.29, 0.717) is 0 Å². The maximum Gasteiger partial charge on any atom is 0.0236 e. The Bertz CT molecular complexity index is 375. The largest absolute Gasteiger partial charge is 0.320 e. The zero-order valence-corrected chi connectivity index (χ0v) is 12.5. The normalized spacial score (nSPS) is 20.6. The molecule has 1 N–H and O–H groups in total. The summed E-state index contributed by atoms with van der Waals surface area (Å²) < 4.78 is 0. The highest BCUT2D eigenvalue weighted by molar-refractivity contribution is 5.22. The predicted molar refractivity (Wildman–Crippen MR) is 82.4 cm³/mol. The second kappa shape index (κ2) is 7.66. The van der Waals surface area contributed by atoms with E-state index in [1.807, 2.05) is 7.05 Å². The molecule has 0 spiro atoms. The van der Waals surface area contributed by atoms with Gasteiger partial charge in [0.1, 0.15) is 0 Å². The van der Waals surface area contributed by atoms with Crippen molar-refractivity contribution >= 4 is 0 Å². The number of nitrogens with zero attached hydrogens (tertiary/aromatic N) is 1. The Morgan fingerprint density at radius 2 is 2.21 bits per heavy atom. The number of benzene rings is 1. The Hall–Kier alpha value is -0.860. The van der Waals surface area contributed by atoms with Crippen molar-refractivity contribution in [1.29, 1.82) is 0 Å². The first-order chi connectivity index (χ1) is 9.29. The highest BCUT2D eigenvalue weighted by Gasteiger charge is 2.21. The summed E-state index contributed by atoms with van der Waals surface area (Å²) >= 11 is 0. The SMILES string of the molecule is CNCCCC1CCCCN1Cc1cccc(C)c1. The first-order valence-corrected chi connectivity index (χ1v) is 7.74. The van der Waals surface area contributed by atoms with Crippen LogP contribution in [0.5, 0.6) is 0 Å². The molecule has 1 atom stereocenters. The van der Waals surface area contributed by atoms with Crippen molar-refractivity contribution in [2.75, 3.05) is 20.1 Å². The Morgan fingerprint density at radius 1 is 1.32 bits per heavy atom. The molecule has 1 heterocycles. The third kappa shape index (κ3) is 4.63. The lowest BCUT2D eigenvalue weighted by atomic mass is 9.97. The maximum atomic E-state index is 3.26. The average Bonchev–Trinajstić information content (AvgIpc) is 2.41. The first kappa shape index (κ1) is 14.5. The topological polar surface area (TPSA) is 15.3 Å². The lowest BCUT2D eigenvalue weighted by Crippen LogP contribution is -2.39. The molecule has 1 fully saturated rings. The molecule has 1 aliphatic heterocycles. The molecule has 0 aromatic heterocycles. The number of aryl methyl sites for hydroxylation is 1. The number of nitrogens with one attached hydrogen (secondary N) is 1. The molecule has 1 saturated heterocycles. The quantitative estimate of drug-likeness (QED) is 0.789. The van der Waals surface area contributed by atoms with Crippen molar-refractivity contribution in [1.82, 2.24) is 10.2 Å². The molecule has 1 aromatic carbocycles. The highest BCUT2D eigenvalue weighted by atomic mass is 15.2. The van der Waals surface area contributed by atoms with Crippen molar-refractivity contribution in [3.8, 4) is 0 Å². The number of hydrogen-bond donors (Lipinski definition) is 1. The molecule has 2 heteroatoms. The molecule has 106 valence electrons. The van der Waals surface area contributed by atoms with Crippen LogP contribution in [0.2, 0.25) is 0 Å².